The highest BCUT2D eigenvalue weighted by atomic mass is 32.3. The van der Waals surface area contributed by atoms with Crippen molar-refractivity contribution in [3.05, 3.63) is 12.5 Å². The predicted molar refractivity (Wildman–Crippen MR) is 61.8 cm³/mol. The molecule has 1 fully saturated rings. The van der Waals surface area contributed by atoms with Crippen LogP contribution in [0.25, 0.3) is 0 Å². The second kappa shape index (κ2) is 4.48. The summed E-state index contributed by atoms with van der Waals surface area (Å²) < 4.78 is 33.7. The minimum Gasteiger partial charge on any atom is -0.382 e. The third-order valence-corrected chi connectivity index (χ3v) is 3.52. The average Bonchev–Trinajstić information content (AvgIpc) is 2.57. The van der Waals surface area contributed by atoms with E-state index in [0.717, 1.165) is 0 Å². The summed E-state index contributed by atoms with van der Waals surface area (Å²) in [5.74, 6) is -1.43. The Bertz CT molecular complexity index is 577. The van der Waals surface area contributed by atoms with E-state index in [1.54, 1.807) is 0 Å². The van der Waals surface area contributed by atoms with Gasteiger partial charge in [-0.2, -0.15) is 8.42 Å². The van der Waals surface area contributed by atoms with Crippen molar-refractivity contribution in [1.82, 2.24) is 9.97 Å². The third-order valence-electron chi connectivity index (χ3n) is 2.65. The van der Waals surface area contributed by atoms with Gasteiger partial charge in [-0.15, -0.1) is 3.89 Å². The molecule has 0 saturated carbocycles. The van der Waals surface area contributed by atoms with Crippen LogP contribution in [0.3, 0.4) is 0 Å². The van der Waals surface area contributed by atoms with Crippen LogP contribution in [0.4, 0.5) is 15.4 Å². The lowest BCUT2D eigenvalue weighted by Crippen LogP contribution is -2.26. The maximum absolute atomic E-state index is 12.6. The van der Waals surface area contributed by atoms with E-state index in [2.05, 4.69) is 9.97 Å². The van der Waals surface area contributed by atoms with E-state index in [1.165, 1.54) is 17.4 Å². The van der Waals surface area contributed by atoms with Gasteiger partial charge in [0.25, 0.3) is 0 Å². The topological polar surface area (TPSA) is 106 Å². The fourth-order valence-electron chi connectivity index (χ4n) is 1.95. The van der Waals surface area contributed by atoms with E-state index < -0.39 is 21.9 Å². The Kier molecular flexibility index (Phi) is 3.16. The molecule has 1 aromatic rings. The van der Waals surface area contributed by atoms with Crippen LogP contribution in [0.5, 0.6) is 0 Å². The Hall–Kier alpha value is -1.77. The minimum atomic E-state index is -4.59. The molecule has 2 rings (SSSR count). The van der Waals surface area contributed by atoms with Crippen molar-refractivity contribution < 1.29 is 17.1 Å². The van der Waals surface area contributed by atoms with Gasteiger partial charge < -0.3 is 10.6 Å². The van der Waals surface area contributed by atoms with Gasteiger partial charge in [-0.05, 0) is 0 Å². The van der Waals surface area contributed by atoms with Gasteiger partial charge in [0, 0.05) is 18.9 Å². The summed E-state index contributed by atoms with van der Waals surface area (Å²) >= 11 is 0. The van der Waals surface area contributed by atoms with Crippen molar-refractivity contribution in [2.45, 2.75) is 6.42 Å². The predicted octanol–water partition coefficient (Wildman–Crippen LogP) is -0.289. The van der Waals surface area contributed by atoms with Crippen LogP contribution < -0.4 is 10.6 Å². The maximum atomic E-state index is 12.6. The number of hydrogen-bond acceptors (Lipinski definition) is 6. The van der Waals surface area contributed by atoms with Gasteiger partial charge in [0.2, 0.25) is 5.91 Å². The van der Waals surface area contributed by atoms with Crippen molar-refractivity contribution in [3.63, 3.8) is 0 Å². The molecule has 0 radical (unpaired) electrons. The molecule has 1 aliphatic rings. The third kappa shape index (κ3) is 2.73. The number of nitrogens with two attached hydrogens (primary N) is 1. The van der Waals surface area contributed by atoms with Crippen molar-refractivity contribution in [2.24, 2.45) is 5.92 Å². The van der Waals surface area contributed by atoms with Crippen LogP contribution in [0.15, 0.2) is 12.5 Å². The Balaban J connectivity index is 2.18. The molecule has 9 heteroatoms. The summed E-state index contributed by atoms with van der Waals surface area (Å²) in [6.07, 6.45) is 2.58. The lowest BCUT2D eigenvalue weighted by atomic mass is 10.1. The standard InChI is InChI=1S/C9H11FN4O3S/c10-18(16,17)4-6-1-8(15)14(3-6)7-2-12-5-13-9(7)11/h2,5-6H,1,3-4H2,(H2,11,12,13). The van der Waals surface area contributed by atoms with Crippen LogP contribution in [0, 0.1) is 5.92 Å². The Labute approximate surface area is 103 Å². The molecule has 0 bridgehead atoms. The highest BCUT2D eigenvalue weighted by molar-refractivity contribution is 7.86. The zero-order chi connectivity index (χ0) is 13.3. The molecule has 98 valence electrons. The number of aromatic nitrogens is 2. The maximum Gasteiger partial charge on any atom is 0.302 e. The van der Waals surface area contributed by atoms with Gasteiger partial charge in [0.15, 0.2) is 5.82 Å². The fourth-order valence-corrected chi connectivity index (χ4v) is 2.73. The molecule has 1 unspecified atom stereocenters. The first-order valence-corrected chi connectivity index (χ1v) is 6.70. The monoisotopic (exact) mass is 274 g/mol. The van der Waals surface area contributed by atoms with E-state index in [-0.39, 0.29) is 24.7 Å². The Morgan fingerprint density at radius 1 is 1.56 bits per heavy atom. The van der Waals surface area contributed by atoms with E-state index >= 15 is 0 Å². The first kappa shape index (κ1) is 12.7. The summed E-state index contributed by atoms with van der Waals surface area (Å²) in [6, 6.07) is 0. The van der Waals surface area contributed by atoms with Gasteiger partial charge in [0.05, 0.1) is 11.9 Å². The molecule has 1 aliphatic heterocycles. The van der Waals surface area contributed by atoms with E-state index in [4.69, 9.17) is 5.73 Å². The highest BCUT2D eigenvalue weighted by Gasteiger charge is 2.34. The summed E-state index contributed by atoms with van der Waals surface area (Å²) in [6.45, 7) is 0.0968. The lowest BCUT2D eigenvalue weighted by molar-refractivity contribution is -0.117. The van der Waals surface area contributed by atoms with E-state index in [9.17, 15) is 17.1 Å². The summed E-state index contributed by atoms with van der Waals surface area (Å²) in [5, 5.41) is 0. The number of hydrogen-bond donors (Lipinski definition) is 1. The van der Waals surface area contributed by atoms with Gasteiger partial charge in [-0.1, -0.05) is 0 Å². The summed E-state index contributed by atoms with van der Waals surface area (Å²) in [4.78, 5) is 20.5. The number of carbonyl (C=O) groups excluding carboxylic acids is 1. The smallest absolute Gasteiger partial charge is 0.302 e. The number of nitrogen functional groups attached to an aromatic ring is 1. The van der Waals surface area contributed by atoms with Crippen LogP contribution in [-0.2, 0) is 15.0 Å². The minimum absolute atomic E-state index is 0.0303. The summed E-state index contributed by atoms with van der Waals surface area (Å²) in [5.41, 5.74) is 5.92. The largest absolute Gasteiger partial charge is 0.382 e. The second-order valence-corrected chi connectivity index (χ2v) is 5.48. The number of anilines is 2. The number of rotatable bonds is 3. The number of amides is 1. The molecule has 1 aromatic heterocycles. The quantitative estimate of drug-likeness (QED) is 0.759. The molecule has 0 spiro atoms. The molecule has 18 heavy (non-hydrogen) atoms. The first-order chi connectivity index (χ1) is 8.37. The molecule has 2 heterocycles. The van der Waals surface area contributed by atoms with Crippen molar-refractivity contribution >= 4 is 27.6 Å². The molecule has 7 nitrogen and oxygen atoms in total. The zero-order valence-electron chi connectivity index (χ0n) is 9.28. The van der Waals surface area contributed by atoms with Gasteiger partial charge in [0.1, 0.15) is 12.0 Å². The molecule has 0 aromatic carbocycles. The number of nitrogens with zero attached hydrogens (tertiary/aromatic N) is 3. The van der Waals surface area contributed by atoms with Crippen LogP contribution in [-0.4, -0.2) is 36.6 Å². The average molecular weight is 274 g/mol. The molecule has 1 saturated heterocycles. The van der Waals surface area contributed by atoms with Gasteiger partial charge in [-0.25, -0.2) is 9.97 Å². The van der Waals surface area contributed by atoms with Gasteiger partial charge >= 0.3 is 10.2 Å². The number of halogens is 1. The SMILES string of the molecule is Nc1ncncc1N1CC(CS(=O)(=O)F)CC1=O. The van der Waals surface area contributed by atoms with Gasteiger partial charge in [-0.3, -0.25) is 4.79 Å². The Morgan fingerprint density at radius 2 is 2.28 bits per heavy atom. The van der Waals surface area contributed by atoms with E-state index in [1.807, 2.05) is 0 Å². The molecular formula is C9H11FN4O3S. The molecule has 1 atom stereocenters. The normalized spacial score (nSPS) is 20.4. The number of carbonyl (C=O) groups is 1. The van der Waals surface area contributed by atoms with Crippen molar-refractivity contribution in [2.75, 3.05) is 22.9 Å². The highest BCUT2D eigenvalue weighted by Crippen LogP contribution is 2.28. The molecular weight excluding hydrogens is 263 g/mol. The lowest BCUT2D eigenvalue weighted by Gasteiger charge is -2.16. The molecule has 1 amide bonds. The zero-order valence-corrected chi connectivity index (χ0v) is 10.1. The van der Waals surface area contributed by atoms with E-state index in [0.29, 0.717) is 5.69 Å². The summed E-state index contributed by atoms with van der Waals surface area (Å²) in [7, 11) is -4.59. The molecule has 0 aliphatic carbocycles. The van der Waals surface area contributed by atoms with Crippen molar-refractivity contribution in [1.29, 1.82) is 0 Å². The van der Waals surface area contributed by atoms with Crippen molar-refractivity contribution in [3.8, 4) is 0 Å². The van der Waals surface area contributed by atoms with Crippen LogP contribution >= 0.6 is 0 Å². The fraction of sp³-hybridized carbons (Fsp3) is 0.444. The first-order valence-electron chi connectivity index (χ1n) is 5.15. The molecule has 2 N–H and O–H groups in total. The van der Waals surface area contributed by atoms with Crippen LogP contribution in [0.2, 0.25) is 0 Å². The second-order valence-electron chi connectivity index (χ2n) is 4.07. The Morgan fingerprint density at radius 3 is 2.89 bits per heavy atom. The van der Waals surface area contributed by atoms with Crippen LogP contribution in [0.1, 0.15) is 6.42 Å².